The van der Waals surface area contributed by atoms with Gasteiger partial charge in [-0.05, 0) is 10.8 Å². The van der Waals surface area contributed by atoms with Gasteiger partial charge in [0.2, 0.25) is 5.91 Å². The number of carbonyl (C=O) groups excluding carboxylic acids is 1. The topological polar surface area (TPSA) is 55.1 Å². The van der Waals surface area contributed by atoms with Crippen molar-refractivity contribution in [2.24, 2.45) is 0 Å². The monoisotopic (exact) mass is 252 g/mol. The summed E-state index contributed by atoms with van der Waals surface area (Å²) in [5.41, 5.74) is 1.69. The van der Waals surface area contributed by atoms with E-state index in [9.17, 15) is 4.79 Å². The van der Waals surface area contributed by atoms with Crippen molar-refractivity contribution in [2.45, 2.75) is 6.92 Å². The molecule has 0 bridgehead atoms. The predicted molar refractivity (Wildman–Crippen MR) is 73.7 cm³/mol. The molecule has 1 amide bonds. The Bertz CT molecular complexity index is 741. The molecule has 0 radical (unpaired) electrons. The molecule has 0 aliphatic heterocycles. The fourth-order valence-corrected chi connectivity index (χ4v) is 2.05. The Balaban J connectivity index is 2.09. The number of hydrogen-bond donors (Lipinski definition) is 1. The zero-order chi connectivity index (χ0) is 13.2. The van der Waals surface area contributed by atoms with Crippen LogP contribution in [0.2, 0.25) is 0 Å². The van der Waals surface area contributed by atoms with Crippen molar-refractivity contribution in [2.75, 3.05) is 5.32 Å². The third-order valence-corrected chi connectivity index (χ3v) is 2.85. The molecular weight excluding hydrogens is 240 g/mol. The van der Waals surface area contributed by atoms with Gasteiger partial charge in [-0.15, -0.1) is 0 Å². The second-order valence-corrected chi connectivity index (χ2v) is 4.25. The third-order valence-electron chi connectivity index (χ3n) is 2.85. The summed E-state index contributed by atoms with van der Waals surface area (Å²) in [4.78, 5) is 15.2. The molecule has 4 heteroatoms. The molecule has 0 aliphatic rings. The summed E-state index contributed by atoms with van der Waals surface area (Å²) in [6.45, 7) is 1.42. The molecule has 19 heavy (non-hydrogen) atoms. The number of benzene rings is 2. The number of carbonyl (C=O) groups is 1. The van der Waals surface area contributed by atoms with E-state index in [4.69, 9.17) is 4.42 Å². The number of hydrogen-bond acceptors (Lipinski definition) is 3. The van der Waals surface area contributed by atoms with E-state index in [0.717, 1.165) is 16.3 Å². The third kappa shape index (κ3) is 2.20. The lowest BCUT2D eigenvalue weighted by molar-refractivity contribution is -0.114. The maximum atomic E-state index is 11.0. The average Bonchev–Trinajstić information content (AvgIpc) is 2.85. The number of oxazole rings is 1. The van der Waals surface area contributed by atoms with Crippen LogP contribution in [0.5, 0.6) is 0 Å². The number of amides is 1. The molecular formula is C15H12N2O2. The molecule has 2 aromatic carbocycles. The summed E-state index contributed by atoms with van der Waals surface area (Å²) in [5.74, 6) is -0.202. The van der Waals surface area contributed by atoms with Gasteiger partial charge in [-0.2, -0.15) is 4.98 Å². The van der Waals surface area contributed by atoms with Crippen LogP contribution in [0.15, 0.2) is 53.1 Å². The number of aromatic nitrogens is 1. The summed E-state index contributed by atoms with van der Waals surface area (Å²) in [5, 5.41) is 4.77. The standard InChI is InChI=1S/C15H12N2O2/c1-10(18)16-15-17-14(9-19-15)13-8-4-6-11-5-2-3-7-12(11)13/h2-9H,1H3,(H,16,17,18). The minimum absolute atomic E-state index is 0.202. The summed E-state index contributed by atoms with van der Waals surface area (Å²) < 4.78 is 5.24. The summed E-state index contributed by atoms with van der Waals surface area (Å²) in [7, 11) is 0. The second-order valence-electron chi connectivity index (χ2n) is 4.25. The van der Waals surface area contributed by atoms with Gasteiger partial charge in [-0.3, -0.25) is 10.1 Å². The lowest BCUT2D eigenvalue weighted by Crippen LogP contribution is -2.05. The average molecular weight is 252 g/mol. The van der Waals surface area contributed by atoms with Gasteiger partial charge in [0.25, 0.3) is 0 Å². The van der Waals surface area contributed by atoms with Crippen LogP contribution in [-0.2, 0) is 4.79 Å². The van der Waals surface area contributed by atoms with Gasteiger partial charge in [0.15, 0.2) is 0 Å². The number of anilines is 1. The van der Waals surface area contributed by atoms with E-state index in [1.165, 1.54) is 6.92 Å². The molecule has 0 saturated carbocycles. The minimum atomic E-state index is -0.202. The largest absolute Gasteiger partial charge is 0.431 e. The SMILES string of the molecule is CC(=O)Nc1nc(-c2cccc3ccccc23)co1. The highest BCUT2D eigenvalue weighted by Crippen LogP contribution is 2.28. The normalized spacial score (nSPS) is 10.6. The van der Waals surface area contributed by atoms with Crippen molar-refractivity contribution in [1.82, 2.24) is 4.98 Å². The van der Waals surface area contributed by atoms with Gasteiger partial charge in [-0.1, -0.05) is 42.5 Å². The molecule has 0 spiro atoms. The Kier molecular flexibility index (Phi) is 2.76. The van der Waals surface area contributed by atoms with Crippen molar-refractivity contribution in [3.63, 3.8) is 0 Å². The van der Waals surface area contributed by atoms with E-state index in [1.807, 2.05) is 42.5 Å². The van der Waals surface area contributed by atoms with Crippen LogP contribution in [0.3, 0.4) is 0 Å². The fourth-order valence-electron chi connectivity index (χ4n) is 2.05. The first-order chi connectivity index (χ1) is 9.24. The zero-order valence-electron chi connectivity index (χ0n) is 10.4. The van der Waals surface area contributed by atoms with E-state index in [1.54, 1.807) is 6.26 Å². The van der Waals surface area contributed by atoms with Crippen molar-refractivity contribution >= 4 is 22.7 Å². The molecule has 0 aliphatic carbocycles. The van der Waals surface area contributed by atoms with Crippen LogP contribution in [0.25, 0.3) is 22.0 Å². The van der Waals surface area contributed by atoms with Crippen LogP contribution >= 0.6 is 0 Å². The highest BCUT2D eigenvalue weighted by atomic mass is 16.4. The Morgan fingerprint density at radius 2 is 1.95 bits per heavy atom. The van der Waals surface area contributed by atoms with E-state index in [0.29, 0.717) is 5.69 Å². The van der Waals surface area contributed by atoms with Crippen LogP contribution in [-0.4, -0.2) is 10.9 Å². The maximum absolute atomic E-state index is 11.0. The van der Waals surface area contributed by atoms with E-state index < -0.39 is 0 Å². The quantitative estimate of drug-likeness (QED) is 0.760. The van der Waals surface area contributed by atoms with Gasteiger partial charge < -0.3 is 4.42 Å². The van der Waals surface area contributed by atoms with Crippen LogP contribution in [0.4, 0.5) is 6.01 Å². The Morgan fingerprint density at radius 1 is 1.16 bits per heavy atom. The first-order valence-electron chi connectivity index (χ1n) is 5.95. The summed E-state index contributed by atoms with van der Waals surface area (Å²) >= 11 is 0. The maximum Gasteiger partial charge on any atom is 0.301 e. The molecule has 0 saturated heterocycles. The number of fused-ring (bicyclic) bond motifs is 1. The summed E-state index contributed by atoms with van der Waals surface area (Å²) in [6, 6.07) is 14.3. The lowest BCUT2D eigenvalue weighted by Gasteiger charge is -2.02. The molecule has 1 heterocycles. The first-order valence-corrected chi connectivity index (χ1v) is 5.95. The molecule has 94 valence electrons. The van der Waals surface area contributed by atoms with Crippen molar-refractivity contribution < 1.29 is 9.21 Å². The summed E-state index contributed by atoms with van der Waals surface area (Å²) in [6.07, 6.45) is 1.55. The Hall–Kier alpha value is -2.62. The van der Waals surface area contributed by atoms with Crippen molar-refractivity contribution in [1.29, 1.82) is 0 Å². The lowest BCUT2D eigenvalue weighted by atomic mass is 10.0. The van der Waals surface area contributed by atoms with Gasteiger partial charge in [0, 0.05) is 12.5 Å². The van der Waals surface area contributed by atoms with Crippen LogP contribution in [0.1, 0.15) is 6.92 Å². The second kappa shape index (κ2) is 4.57. The van der Waals surface area contributed by atoms with E-state index in [-0.39, 0.29) is 11.9 Å². The molecule has 3 rings (SSSR count). The van der Waals surface area contributed by atoms with Crippen LogP contribution in [0, 0.1) is 0 Å². The molecule has 0 unspecified atom stereocenters. The number of rotatable bonds is 2. The van der Waals surface area contributed by atoms with E-state index >= 15 is 0 Å². The van der Waals surface area contributed by atoms with Crippen molar-refractivity contribution in [3.8, 4) is 11.3 Å². The van der Waals surface area contributed by atoms with Crippen molar-refractivity contribution in [3.05, 3.63) is 48.7 Å². The van der Waals surface area contributed by atoms with Gasteiger partial charge in [-0.25, -0.2) is 0 Å². The fraction of sp³-hybridized carbons (Fsp3) is 0.0667. The molecule has 3 aromatic rings. The van der Waals surface area contributed by atoms with Gasteiger partial charge in [0.05, 0.1) is 0 Å². The highest BCUT2D eigenvalue weighted by molar-refractivity contribution is 5.96. The van der Waals surface area contributed by atoms with Crippen LogP contribution < -0.4 is 5.32 Å². The molecule has 0 fully saturated rings. The zero-order valence-corrected chi connectivity index (χ0v) is 10.4. The Labute approximate surface area is 110 Å². The predicted octanol–water partition coefficient (Wildman–Crippen LogP) is 3.45. The Morgan fingerprint density at radius 3 is 2.79 bits per heavy atom. The van der Waals surface area contributed by atoms with E-state index in [2.05, 4.69) is 10.3 Å². The molecule has 4 nitrogen and oxygen atoms in total. The minimum Gasteiger partial charge on any atom is -0.431 e. The first kappa shape index (κ1) is 11.5. The smallest absolute Gasteiger partial charge is 0.301 e. The highest BCUT2D eigenvalue weighted by Gasteiger charge is 2.09. The molecule has 1 N–H and O–H groups in total. The van der Waals surface area contributed by atoms with Gasteiger partial charge >= 0.3 is 6.01 Å². The molecule has 1 aromatic heterocycles. The van der Waals surface area contributed by atoms with Gasteiger partial charge in [0.1, 0.15) is 12.0 Å². The number of nitrogens with zero attached hydrogens (tertiary/aromatic N) is 1. The number of nitrogens with one attached hydrogen (secondary N) is 1. The molecule has 0 atom stereocenters.